The van der Waals surface area contributed by atoms with Crippen molar-refractivity contribution in [2.75, 3.05) is 37.8 Å². The van der Waals surface area contributed by atoms with Crippen LogP contribution in [0, 0.1) is 5.92 Å². The summed E-state index contributed by atoms with van der Waals surface area (Å²) in [4.78, 5) is 2.36. The Morgan fingerprint density at radius 3 is 2.17 bits per heavy atom. The Balaban J connectivity index is 2.52. The van der Waals surface area contributed by atoms with Crippen LogP contribution in [0.4, 0.5) is 0 Å². The molecule has 0 aliphatic carbocycles. The molecule has 108 valence electrons. The Bertz CT molecular complexity index is 340. The van der Waals surface area contributed by atoms with Crippen LogP contribution >= 0.6 is 11.6 Å². The van der Waals surface area contributed by atoms with Gasteiger partial charge >= 0.3 is 0 Å². The third-order valence-corrected chi connectivity index (χ3v) is 6.31. The van der Waals surface area contributed by atoms with Crippen molar-refractivity contribution in [3.63, 3.8) is 0 Å². The molecule has 0 aromatic heterocycles. The van der Waals surface area contributed by atoms with Crippen molar-refractivity contribution in [3.05, 3.63) is 0 Å². The fourth-order valence-electron chi connectivity index (χ4n) is 2.19. The predicted molar refractivity (Wildman–Crippen MR) is 76.6 cm³/mol. The van der Waals surface area contributed by atoms with Gasteiger partial charge in [0.05, 0.1) is 5.75 Å². The fraction of sp³-hybridized carbons (Fsp3) is 1.00. The average molecular weight is 297 g/mol. The third-order valence-electron chi connectivity index (χ3n) is 3.64. The van der Waals surface area contributed by atoms with E-state index in [4.69, 9.17) is 11.6 Å². The van der Waals surface area contributed by atoms with Gasteiger partial charge in [-0.3, -0.25) is 4.90 Å². The summed E-state index contributed by atoms with van der Waals surface area (Å²) in [5.74, 6) is 0.579. The van der Waals surface area contributed by atoms with E-state index in [-0.39, 0.29) is 11.7 Å². The van der Waals surface area contributed by atoms with E-state index >= 15 is 0 Å². The zero-order chi connectivity index (χ0) is 13.8. The van der Waals surface area contributed by atoms with Gasteiger partial charge in [-0.15, -0.1) is 11.6 Å². The molecule has 0 aromatic carbocycles. The molecular formula is C12H25ClN2O2S. The summed E-state index contributed by atoms with van der Waals surface area (Å²) in [5, 5.41) is 0. The van der Waals surface area contributed by atoms with Crippen molar-refractivity contribution < 1.29 is 8.42 Å². The van der Waals surface area contributed by atoms with Gasteiger partial charge in [-0.05, 0) is 19.3 Å². The van der Waals surface area contributed by atoms with Crippen LogP contribution in [-0.2, 0) is 10.0 Å². The second kappa shape index (κ2) is 7.08. The molecule has 6 heteroatoms. The molecule has 1 rings (SSSR count). The first kappa shape index (κ1) is 16.2. The first-order valence-electron chi connectivity index (χ1n) is 6.68. The molecular weight excluding hydrogens is 272 g/mol. The summed E-state index contributed by atoms with van der Waals surface area (Å²) >= 11 is 5.69. The van der Waals surface area contributed by atoms with Crippen LogP contribution in [-0.4, -0.2) is 61.5 Å². The van der Waals surface area contributed by atoms with E-state index in [0.717, 1.165) is 19.5 Å². The molecule has 1 heterocycles. The molecule has 0 aromatic rings. The lowest BCUT2D eigenvalue weighted by atomic mass is 10.2. The van der Waals surface area contributed by atoms with Gasteiger partial charge in [0, 0.05) is 38.1 Å². The molecule has 2 atom stereocenters. The van der Waals surface area contributed by atoms with Crippen molar-refractivity contribution in [1.82, 2.24) is 9.21 Å². The Morgan fingerprint density at radius 2 is 1.72 bits per heavy atom. The van der Waals surface area contributed by atoms with Crippen molar-refractivity contribution in [3.8, 4) is 0 Å². The number of hydrogen-bond donors (Lipinski definition) is 0. The molecule has 0 spiro atoms. The van der Waals surface area contributed by atoms with Crippen molar-refractivity contribution in [1.29, 1.82) is 0 Å². The second-order valence-corrected chi connectivity index (χ2v) is 7.55. The van der Waals surface area contributed by atoms with E-state index in [9.17, 15) is 8.42 Å². The average Bonchev–Trinajstić information content (AvgIpc) is 2.37. The maximum Gasteiger partial charge on any atom is 0.214 e. The summed E-state index contributed by atoms with van der Waals surface area (Å²) < 4.78 is 25.9. The van der Waals surface area contributed by atoms with Crippen molar-refractivity contribution in [2.45, 2.75) is 33.2 Å². The lowest BCUT2D eigenvalue weighted by molar-refractivity contribution is 0.142. The molecule has 0 bridgehead atoms. The van der Waals surface area contributed by atoms with Crippen LogP contribution < -0.4 is 0 Å². The number of halogens is 1. The highest BCUT2D eigenvalue weighted by molar-refractivity contribution is 7.89. The minimum atomic E-state index is -3.13. The third kappa shape index (κ3) is 4.37. The fourth-order valence-corrected chi connectivity index (χ4v) is 4.20. The van der Waals surface area contributed by atoms with Gasteiger partial charge in [0.1, 0.15) is 0 Å². The van der Waals surface area contributed by atoms with E-state index in [1.54, 1.807) is 4.31 Å². The standard InChI is InChI=1S/C12H25ClN2O2S/c1-4-12(3)14-5-7-15(8-6-14)18(16,17)10-11(2)9-13/h11-12H,4-10H2,1-3H3. The van der Waals surface area contributed by atoms with Crippen LogP contribution in [0.5, 0.6) is 0 Å². The van der Waals surface area contributed by atoms with Crippen molar-refractivity contribution >= 4 is 21.6 Å². The number of alkyl halides is 1. The van der Waals surface area contributed by atoms with Crippen LogP contribution in [0.25, 0.3) is 0 Å². The first-order chi connectivity index (χ1) is 8.40. The van der Waals surface area contributed by atoms with E-state index < -0.39 is 10.0 Å². The summed E-state index contributed by atoms with van der Waals surface area (Å²) in [7, 11) is -3.13. The van der Waals surface area contributed by atoms with Crippen LogP contribution in [0.1, 0.15) is 27.2 Å². The minimum absolute atomic E-state index is 0.0178. The molecule has 0 radical (unpaired) electrons. The van der Waals surface area contributed by atoms with Gasteiger partial charge in [-0.1, -0.05) is 13.8 Å². The number of piperazine rings is 1. The zero-order valence-corrected chi connectivity index (χ0v) is 13.2. The molecule has 1 aliphatic heterocycles. The first-order valence-corrected chi connectivity index (χ1v) is 8.83. The van der Waals surface area contributed by atoms with Gasteiger partial charge in [-0.2, -0.15) is 4.31 Å². The lowest BCUT2D eigenvalue weighted by Crippen LogP contribution is -2.52. The highest BCUT2D eigenvalue weighted by atomic mass is 35.5. The van der Waals surface area contributed by atoms with E-state index in [2.05, 4.69) is 18.7 Å². The number of rotatable bonds is 6. The Labute approximate surface area is 116 Å². The lowest BCUT2D eigenvalue weighted by Gasteiger charge is -2.37. The van der Waals surface area contributed by atoms with Crippen LogP contribution in [0.15, 0.2) is 0 Å². The molecule has 1 aliphatic rings. The van der Waals surface area contributed by atoms with Crippen LogP contribution in [0.2, 0.25) is 0 Å². The van der Waals surface area contributed by atoms with Crippen molar-refractivity contribution in [2.24, 2.45) is 5.92 Å². The van der Waals surface area contributed by atoms with E-state index in [0.29, 0.717) is 25.0 Å². The molecule has 1 saturated heterocycles. The second-order valence-electron chi connectivity index (χ2n) is 5.23. The van der Waals surface area contributed by atoms with Gasteiger partial charge in [0.15, 0.2) is 0 Å². The molecule has 0 N–H and O–H groups in total. The molecule has 1 fully saturated rings. The maximum absolute atomic E-state index is 12.1. The highest BCUT2D eigenvalue weighted by Gasteiger charge is 2.29. The maximum atomic E-state index is 12.1. The normalized spacial score (nSPS) is 22.9. The molecule has 2 unspecified atom stereocenters. The number of sulfonamides is 1. The SMILES string of the molecule is CCC(C)N1CCN(S(=O)(=O)CC(C)CCl)CC1. The Hall–Kier alpha value is 0.160. The molecule has 0 saturated carbocycles. The van der Waals surface area contributed by atoms with Gasteiger partial charge in [0.25, 0.3) is 0 Å². The zero-order valence-electron chi connectivity index (χ0n) is 11.6. The minimum Gasteiger partial charge on any atom is -0.298 e. The van der Waals surface area contributed by atoms with Gasteiger partial charge in [-0.25, -0.2) is 8.42 Å². The summed E-state index contributed by atoms with van der Waals surface area (Å²) in [6, 6.07) is 0.539. The van der Waals surface area contributed by atoms with E-state index in [1.165, 1.54) is 0 Å². The largest absolute Gasteiger partial charge is 0.298 e. The van der Waals surface area contributed by atoms with Gasteiger partial charge in [0.2, 0.25) is 10.0 Å². The molecule has 4 nitrogen and oxygen atoms in total. The van der Waals surface area contributed by atoms with Gasteiger partial charge < -0.3 is 0 Å². The number of nitrogens with zero attached hydrogens (tertiary/aromatic N) is 2. The predicted octanol–water partition coefficient (Wildman–Crippen LogP) is 1.61. The quantitative estimate of drug-likeness (QED) is 0.699. The van der Waals surface area contributed by atoms with E-state index in [1.807, 2.05) is 6.92 Å². The summed E-state index contributed by atoms with van der Waals surface area (Å²) in [6.45, 7) is 9.13. The summed E-state index contributed by atoms with van der Waals surface area (Å²) in [6.07, 6.45) is 1.11. The Kier molecular flexibility index (Phi) is 6.38. The molecule has 0 amide bonds. The summed E-state index contributed by atoms with van der Waals surface area (Å²) in [5.41, 5.74) is 0. The molecule has 18 heavy (non-hydrogen) atoms. The smallest absolute Gasteiger partial charge is 0.214 e. The Morgan fingerprint density at radius 1 is 1.17 bits per heavy atom. The van der Waals surface area contributed by atoms with Crippen LogP contribution in [0.3, 0.4) is 0 Å². The highest BCUT2D eigenvalue weighted by Crippen LogP contribution is 2.14. The monoisotopic (exact) mass is 296 g/mol. The topological polar surface area (TPSA) is 40.6 Å². The number of hydrogen-bond acceptors (Lipinski definition) is 3.